The van der Waals surface area contributed by atoms with Crippen LogP contribution in [0.1, 0.15) is 49.8 Å². The van der Waals surface area contributed by atoms with E-state index in [1.807, 2.05) is 17.0 Å². The van der Waals surface area contributed by atoms with Crippen molar-refractivity contribution in [1.29, 1.82) is 0 Å². The molecule has 1 aromatic rings. The second kappa shape index (κ2) is 7.42. The number of carbonyl (C=O) groups is 2. The minimum atomic E-state index is -0.882. The summed E-state index contributed by atoms with van der Waals surface area (Å²) < 4.78 is 15.7. The van der Waals surface area contributed by atoms with E-state index in [-0.39, 0.29) is 17.9 Å². The third kappa shape index (κ3) is 2.55. The lowest BCUT2D eigenvalue weighted by Crippen LogP contribution is -2.55. The summed E-state index contributed by atoms with van der Waals surface area (Å²) in [6, 6.07) is 3.63. The first kappa shape index (κ1) is 20.4. The van der Waals surface area contributed by atoms with Gasteiger partial charge in [0.05, 0.1) is 27.4 Å². The molecule has 2 heterocycles. The SMILES string of the molecule is CCSC12CCCCC1(C(=O)OC)C1c3cc(OC)c(OC)cc3CCN1C2=O. The maximum absolute atomic E-state index is 13.8. The summed E-state index contributed by atoms with van der Waals surface area (Å²) in [5, 5.41) is 0. The lowest BCUT2D eigenvalue weighted by atomic mass is 9.61. The number of fused-ring (bicyclic) bond motifs is 5. The Kier molecular flexibility index (Phi) is 5.21. The van der Waals surface area contributed by atoms with Gasteiger partial charge < -0.3 is 19.1 Å². The van der Waals surface area contributed by atoms with Gasteiger partial charge in [-0.3, -0.25) is 9.59 Å². The van der Waals surface area contributed by atoms with Gasteiger partial charge in [0, 0.05) is 6.54 Å². The van der Waals surface area contributed by atoms with Crippen LogP contribution in [0.2, 0.25) is 0 Å². The highest BCUT2D eigenvalue weighted by Gasteiger charge is 2.74. The van der Waals surface area contributed by atoms with E-state index in [1.165, 1.54) is 7.11 Å². The molecule has 1 aromatic carbocycles. The zero-order valence-corrected chi connectivity index (χ0v) is 18.4. The van der Waals surface area contributed by atoms with Gasteiger partial charge in [0.1, 0.15) is 10.2 Å². The Bertz CT molecular complexity index is 839. The molecule has 0 spiro atoms. The van der Waals surface area contributed by atoms with Gasteiger partial charge in [0.25, 0.3) is 0 Å². The van der Waals surface area contributed by atoms with Crippen LogP contribution in [0, 0.1) is 5.41 Å². The molecular weight excluding hydrogens is 390 g/mol. The Morgan fingerprint density at radius 3 is 2.52 bits per heavy atom. The summed E-state index contributed by atoms with van der Waals surface area (Å²) in [7, 11) is 4.68. The summed E-state index contributed by atoms with van der Waals surface area (Å²) in [6.07, 6.45) is 3.99. The fourth-order valence-corrected chi connectivity index (χ4v) is 7.43. The molecule has 1 amide bonds. The van der Waals surface area contributed by atoms with Crippen LogP contribution in [0.25, 0.3) is 0 Å². The molecule has 1 saturated heterocycles. The summed E-state index contributed by atoms with van der Waals surface area (Å²) in [5.74, 6) is 1.91. The standard InChI is InChI=1S/C22H29NO5S/c1-5-29-22-10-7-6-9-21(22,20(25)28-4)18-15-13-17(27-3)16(26-2)12-14(15)8-11-23(18)19(22)24/h12-13,18H,5-11H2,1-4H3. The highest BCUT2D eigenvalue weighted by Crippen LogP contribution is 2.67. The molecule has 1 saturated carbocycles. The van der Waals surface area contributed by atoms with Crippen LogP contribution < -0.4 is 9.47 Å². The van der Waals surface area contributed by atoms with E-state index in [0.717, 1.165) is 42.6 Å². The fraction of sp³-hybridized carbons (Fsp3) is 0.636. The van der Waals surface area contributed by atoms with E-state index in [0.29, 0.717) is 24.5 Å². The molecule has 1 aliphatic carbocycles. The zero-order valence-electron chi connectivity index (χ0n) is 17.6. The molecule has 0 bridgehead atoms. The number of methoxy groups -OCH3 is 3. The Labute approximate surface area is 176 Å². The number of rotatable bonds is 5. The van der Waals surface area contributed by atoms with E-state index in [1.54, 1.807) is 26.0 Å². The van der Waals surface area contributed by atoms with Crippen LogP contribution in [-0.4, -0.2) is 55.2 Å². The number of thioether (sulfide) groups is 1. The Morgan fingerprint density at radius 1 is 1.17 bits per heavy atom. The van der Waals surface area contributed by atoms with Gasteiger partial charge in [0.15, 0.2) is 11.5 Å². The summed E-state index contributed by atoms with van der Waals surface area (Å²) >= 11 is 1.63. The van der Waals surface area contributed by atoms with Gasteiger partial charge in [-0.2, -0.15) is 0 Å². The monoisotopic (exact) mass is 419 g/mol. The number of benzene rings is 1. The zero-order chi connectivity index (χ0) is 20.8. The minimum absolute atomic E-state index is 0.0971. The fourth-order valence-electron chi connectivity index (χ4n) is 5.86. The van der Waals surface area contributed by atoms with Crippen molar-refractivity contribution >= 4 is 23.6 Å². The first-order chi connectivity index (χ1) is 14.0. The van der Waals surface area contributed by atoms with Crippen molar-refractivity contribution in [2.75, 3.05) is 33.6 Å². The van der Waals surface area contributed by atoms with Crippen molar-refractivity contribution < 1.29 is 23.8 Å². The molecule has 7 heteroatoms. The van der Waals surface area contributed by atoms with Crippen molar-refractivity contribution in [2.24, 2.45) is 5.41 Å². The Morgan fingerprint density at radius 2 is 1.86 bits per heavy atom. The summed E-state index contributed by atoms with van der Waals surface area (Å²) in [4.78, 5) is 29.3. The molecule has 3 unspecified atom stereocenters. The number of ether oxygens (including phenoxy) is 3. The second-order valence-corrected chi connectivity index (χ2v) is 9.55. The van der Waals surface area contributed by atoms with Crippen molar-refractivity contribution in [2.45, 2.75) is 49.8 Å². The quantitative estimate of drug-likeness (QED) is 0.682. The summed E-state index contributed by atoms with van der Waals surface area (Å²) in [6.45, 7) is 2.67. The second-order valence-electron chi connectivity index (χ2n) is 7.99. The van der Waals surface area contributed by atoms with Crippen LogP contribution in [0.5, 0.6) is 11.5 Å². The topological polar surface area (TPSA) is 65.1 Å². The number of hydrogen-bond donors (Lipinski definition) is 0. The molecule has 0 radical (unpaired) electrons. The van der Waals surface area contributed by atoms with E-state index in [4.69, 9.17) is 14.2 Å². The highest BCUT2D eigenvalue weighted by atomic mass is 32.2. The maximum atomic E-state index is 13.8. The predicted octanol–water partition coefficient (Wildman–Crippen LogP) is 3.37. The molecule has 6 nitrogen and oxygen atoms in total. The maximum Gasteiger partial charge on any atom is 0.316 e. The normalized spacial score (nSPS) is 30.3. The largest absolute Gasteiger partial charge is 0.493 e. The predicted molar refractivity (Wildman–Crippen MR) is 111 cm³/mol. The number of nitrogens with zero attached hydrogens (tertiary/aromatic N) is 1. The molecular formula is C22H29NO5S. The van der Waals surface area contributed by atoms with Crippen molar-refractivity contribution in [3.63, 3.8) is 0 Å². The average molecular weight is 420 g/mol. The smallest absolute Gasteiger partial charge is 0.316 e. The van der Waals surface area contributed by atoms with Gasteiger partial charge in [-0.15, -0.1) is 11.8 Å². The van der Waals surface area contributed by atoms with Crippen LogP contribution in [0.15, 0.2) is 12.1 Å². The van der Waals surface area contributed by atoms with E-state index in [9.17, 15) is 9.59 Å². The number of hydrogen-bond acceptors (Lipinski definition) is 6. The third-order valence-corrected chi connectivity index (χ3v) is 8.48. The Balaban J connectivity index is 1.98. The summed E-state index contributed by atoms with van der Waals surface area (Å²) in [5.41, 5.74) is 1.22. The lowest BCUT2D eigenvalue weighted by Gasteiger charge is -2.47. The molecule has 3 aliphatic rings. The van der Waals surface area contributed by atoms with Crippen LogP contribution in [0.4, 0.5) is 0 Å². The van der Waals surface area contributed by atoms with Crippen molar-refractivity contribution in [1.82, 2.24) is 4.90 Å². The molecule has 29 heavy (non-hydrogen) atoms. The van der Waals surface area contributed by atoms with Crippen molar-refractivity contribution in [3.8, 4) is 11.5 Å². The molecule has 2 aliphatic heterocycles. The average Bonchev–Trinajstić information content (AvgIpc) is 2.98. The lowest BCUT2D eigenvalue weighted by molar-refractivity contribution is -0.158. The molecule has 0 aromatic heterocycles. The van der Waals surface area contributed by atoms with Gasteiger partial charge in [-0.1, -0.05) is 19.8 Å². The van der Waals surface area contributed by atoms with Crippen LogP contribution in [0.3, 0.4) is 0 Å². The number of carbonyl (C=O) groups excluding carboxylic acids is 2. The van der Waals surface area contributed by atoms with Gasteiger partial charge in [0.2, 0.25) is 5.91 Å². The van der Waals surface area contributed by atoms with Crippen molar-refractivity contribution in [3.05, 3.63) is 23.3 Å². The Hall–Kier alpha value is -1.89. The molecule has 3 atom stereocenters. The van der Waals surface area contributed by atoms with E-state index >= 15 is 0 Å². The molecule has 4 rings (SSSR count). The molecule has 158 valence electrons. The van der Waals surface area contributed by atoms with Crippen LogP contribution in [-0.2, 0) is 20.7 Å². The van der Waals surface area contributed by atoms with Gasteiger partial charge in [-0.05, 0) is 48.3 Å². The highest BCUT2D eigenvalue weighted by molar-refractivity contribution is 8.01. The first-order valence-corrected chi connectivity index (χ1v) is 11.3. The van der Waals surface area contributed by atoms with Gasteiger partial charge in [-0.25, -0.2) is 0 Å². The van der Waals surface area contributed by atoms with Crippen LogP contribution >= 0.6 is 11.8 Å². The third-order valence-electron chi connectivity index (χ3n) is 6.96. The van der Waals surface area contributed by atoms with E-state index < -0.39 is 10.2 Å². The minimum Gasteiger partial charge on any atom is -0.493 e. The van der Waals surface area contributed by atoms with E-state index in [2.05, 4.69) is 6.92 Å². The van der Waals surface area contributed by atoms with Gasteiger partial charge >= 0.3 is 5.97 Å². The first-order valence-electron chi connectivity index (χ1n) is 10.3. The number of amides is 1. The molecule has 0 N–H and O–H groups in total. The molecule has 2 fully saturated rings. The number of esters is 1.